The van der Waals surface area contributed by atoms with Crippen LogP contribution >= 0.6 is 22.7 Å². The number of nitrogens with zero attached hydrogens (tertiary/aromatic N) is 1. The van der Waals surface area contributed by atoms with E-state index in [1.807, 2.05) is 70.3 Å². The molecule has 0 aliphatic heterocycles. The fourth-order valence-corrected chi connectivity index (χ4v) is 4.62. The van der Waals surface area contributed by atoms with E-state index in [0.717, 1.165) is 28.2 Å². The third-order valence-corrected chi connectivity index (χ3v) is 6.54. The molecule has 0 spiro atoms. The molecule has 0 radical (unpaired) electrons. The number of carbonyl (C=O) groups excluding carboxylic acids is 2. The van der Waals surface area contributed by atoms with Crippen molar-refractivity contribution in [3.05, 3.63) is 80.7 Å². The molecule has 1 unspecified atom stereocenters. The van der Waals surface area contributed by atoms with Crippen molar-refractivity contribution in [2.45, 2.75) is 51.9 Å². The maximum absolute atomic E-state index is 13.5. The quantitative estimate of drug-likeness (QED) is 0.395. The molecule has 2 heterocycles. The lowest BCUT2D eigenvalue weighted by atomic mass is 10.1. The summed E-state index contributed by atoms with van der Waals surface area (Å²) < 4.78 is 5.36. The molecule has 164 valence electrons. The molecule has 3 rings (SSSR count). The summed E-state index contributed by atoms with van der Waals surface area (Å²) in [4.78, 5) is 30.0. The third kappa shape index (κ3) is 7.52. The van der Waals surface area contributed by atoms with Gasteiger partial charge in [0, 0.05) is 9.75 Å². The summed E-state index contributed by atoms with van der Waals surface area (Å²) in [5.74, 6) is -0.0769. The van der Waals surface area contributed by atoms with E-state index in [1.165, 1.54) is 0 Å². The molecule has 0 bridgehead atoms. The number of unbranched alkanes of at least 4 members (excludes halogenated alkanes) is 1. The van der Waals surface area contributed by atoms with Gasteiger partial charge in [0.2, 0.25) is 5.91 Å². The monoisotopic (exact) mass is 456 g/mol. The van der Waals surface area contributed by atoms with E-state index in [-0.39, 0.29) is 12.5 Å². The number of nitrogens with one attached hydrogen (secondary N) is 1. The van der Waals surface area contributed by atoms with Gasteiger partial charge >= 0.3 is 6.09 Å². The molecule has 1 N–H and O–H groups in total. The lowest BCUT2D eigenvalue weighted by Gasteiger charge is -2.27. The number of amides is 2. The average Bonchev–Trinajstić information content (AvgIpc) is 3.49. The third-order valence-electron chi connectivity index (χ3n) is 4.81. The van der Waals surface area contributed by atoms with Crippen LogP contribution in [0.2, 0.25) is 0 Å². The molecule has 31 heavy (non-hydrogen) atoms. The van der Waals surface area contributed by atoms with Crippen molar-refractivity contribution >= 4 is 34.7 Å². The van der Waals surface area contributed by atoms with Crippen LogP contribution in [-0.2, 0) is 29.2 Å². The maximum Gasteiger partial charge on any atom is 0.408 e. The van der Waals surface area contributed by atoms with Gasteiger partial charge in [-0.15, -0.1) is 22.7 Å². The number of rotatable bonds is 11. The molecular weight excluding hydrogens is 428 g/mol. The number of carbonyl (C=O) groups is 2. The van der Waals surface area contributed by atoms with Crippen molar-refractivity contribution in [3.8, 4) is 0 Å². The van der Waals surface area contributed by atoms with Gasteiger partial charge in [0.25, 0.3) is 0 Å². The smallest absolute Gasteiger partial charge is 0.408 e. The highest BCUT2D eigenvalue weighted by atomic mass is 32.1. The van der Waals surface area contributed by atoms with Crippen LogP contribution in [0.5, 0.6) is 0 Å². The van der Waals surface area contributed by atoms with Crippen molar-refractivity contribution in [1.29, 1.82) is 0 Å². The van der Waals surface area contributed by atoms with E-state index in [0.29, 0.717) is 19.5 Å². The summed E-state index contributed by atoms with van der Waals surface area (Å²) in [6.45, 7) is 3.30. The zero-order chi connectivity index (χ0) is 21.9. The van der Waals surface area contributed by atoms with Gasteiger partial charge < -0.3 is 15.0 Å². The molecule has 0 aliphatic rings. The normalized spacial score (nSPS) is 11.6. The Balaban J connectivity index is 1.67. The molecule has 1 atom stereocenters. The van der Waals surface area contributed by atoms with E-state index in [2.05, 4.69) is 12.2 Å². The van der Waals surface area contributed by atoms with Crippen LogP contribution in [0, 0.1) is 0 Å². The van der Waals surface area contributed by atoms with Gasteiger partial charge in [-0.25, -0.2) is 4.79 Å². The minimum absolute atomic E-state index is 0.0769. The molecule has 2 amide bonds. The first kappa shape index (κ1) is 23.0. The summed E-state index contributed by atoms with van der Waals surface area (Å²) in [5.41, 5.74) is 0.908. The van der Waals surface area contributed by atoms with Gasteiger partial charge in [0.15, 0.2) is 0 Å². The standard InChI is InChI=1S/C24H28N2O3S2/c1-2-3-13-22(25-24(28)29-18-19-9-5-4-6-10-19)23(27)26(16-20-11-7-14-30-20)17-21-12-8-15-31-21/h4-12,14-15,22H,2-3,13,16-18H2,1H3,(H,25,28). The number of thiophene rings is 2. The van der Waals surface area contributed by atoms with Crippen LogP contribution in [0.3, 0.4) is 0 Å². The lowest BCUT2D eigenvalue weighted by Crippen LogP contribution is -2.48. The zero-order valence-corrected chi connectivity index (χ0v) is 19.3. The van der Waals surface area contributed by atoms with Crippen molar-refractivity contribution in [3.63, 3.8) is 0 Å². The first-order valence-electron chi connectivity index (χ1n) is 10.5. The Bertz CT molecular complexity index is 875. The van der Waals surface area contributed by atoms with E-state index in [9.17, 15) is 9.59 Å². The molecule has 7 heteroatoms. The average molecular weight is 457 g/mol. The van der Waals surface area contributed by atoms with Crippen molar-refractivity contribution in [2.75, 3.05) is 0 Å². The summed E-state index contributed by atoms with van der Waals surface area (Å²) >= 11 is 3.26. The fraction of sp³-hybridized carbons (Fsp3) is 0.333. The Labute approximate surface area is 191 Å². The molecule has 3 aromatic rings. The van der Waals surface area contributed by atoms with Crippen molar-refractivity contribution in [1.82, 2.24) is 10.2 Å². The van der Waals surface area contributed by atoms with Gasteiger partial charge in [-0.1, -0.05) is 62.2 Å². The molecule has 0 fully saturated rings. The minimum atomic E-state index is -0.608. The summed E-state index contributed by atoms with van der Waals surface area (Å²) in [6.07, 6.45) is 1.81. The Hall–Kier alpha value is -2.64. The Kier molecular flexibility index (Phi) is 9.12. The predicted molar refractivity (Wildman–Crippen MR) is 126 cm³/mol. The highest BCUT2D eigenvalue weighted by molar-refractivity contribution is 7.10. The van der Waals surface area contributed by atoms with Crippen LogP contribution < -0.4 is 5.32 Å². The van der Waals surface area contributed by atoms with Crippen LogP contribution in [0.25, 0.3) is 0 Å². The molecule has 5 nitrogen and oxygen atoms in total. The fourth-order valence-electron chi connectivity index (χ4n) is 3.19. The van der Waals surface area contributed by atoms with Crippen LogP contribution in [0.1, 0.15) is 41.5 Å². The van der Waals surface area contributed by atoms with Gasteiger partial charge in [0.05, 0.1) is 13.1 Å². The summed E-state index contributed by atoms with van der Waals surface area (Å²) in [5, 5.41) is 6.84. The van der Waals surface area contributed by atoms with Gasteiger partial charge in [0.1, 0.15) is 12.6 Å². The second-order valence-corrected chi connectivity index (χ2v) is 9.32. The SMILES string of the molecule is CCCCC(NC(=O)OCc1ccccc1)C(=O)N(Cc1cccs1)Cc1cccs1. The molecular formula is C24H28N2O3S2. The first-order chi connectivity index (χ1) is 15.2. The largest absolute Gasteiger partial charge is 0.445 e. The van der Waals surface area contributed by atoms with E-state index in [1.54, 1.807) is 22.7 Å². The Morgan fingerprint density at radius 2 is 1.61 bits per heavy atom. The highest BCUT2D eigenvalue weighted by Gasteiger charge is 2.27. The number of alkyl carbamates (subject to hydrolysis) is 1. The highest BCUT2D eigenvalue weighted by Crippen LogP contribution is 2.19. The lowest BCUT2D eigenvalue weighted by molar-refractivity contribution is -0.134. The number of benzene rings is 1. The van der Waals surface area contributed by atoms with Crippen LogP contribution in [-0.4, -0.2) is 22.9 Å². The Morgan fingerprint density at radius 1 is 0.968 bits per heavy atom. The number of hydrogen-bond acceptors (Lipinski definition) is 5. The number of ether oxygens (including phenoxy) is 1. The van der Waals surface area contributed by atoms with Gasteiger partial charge in [-0.05, 0) is 34.9 Å². The predicted octanol–water partition coefficient (Wildman–Crippen LogP) is 5.82. The van der Waals surface area contributed by atoms with E-state index >= 15 is 0 Å². The summed E-state index contributed by atoms with van der Waals surface area (Å²) in [6, 6.07) is 16.9. The van der Waals surface area contributed by atoms with Crippen molar-refractivity contribution < 1.29 is 14.3 Å². The second kappa shape index (κ2) is 12.3. The van der Waals surface area contributed by atoms with Gasteiger partial charge in [-0.2, -0.15) is 0 Å². The van der Waals surface area contributed by atoms with E-state index in [4.69, 9.17) is 4.74 Å². The summed E-state index contributed by atoms with van der Waals surface area (Å²) in [7, 11) is 0. The maximum atomic E-state index is 13.5. The Morgan fingerprint density at radius 3 is 2.16 bits per heavy atom. The molecule has 1 aromatic carbocycles. The first-order valence-corrected chi connectivity index (χ1v) is 12.2. The number of hydrogen-bond donors (Lipinski definition) is 1. The van der Waals surface area contributed by atoms with Gasteiger partial charge in [-0.3, -0.25) is 4.79 Å². The van der Waals surface area contributed by atoms with E-state index < -0.39 is 12.1 Å². The van der Waals surface area contributed by atoms with Crippen LogP contribution in [0.15, 0.2) is 65.4 Å². The minimum Gasteiger partial charge on any atom is -0.445 e. The molecule has 0 aliphatic carbocycles. The molecule has 0 saturated carbocycles. The zero-order valence-electron chi connectivity index (χ0n) is 17.7. The second-order valence-electron chi connectivity index (χ2n) is 7.25. The molecule has 0 saturated heterocycles. The topological polar surface area (TPSA) is 58.6 Å². The molecule has 2 aromatic heterocycles. The van der Waals surface area contributed by atoms with Crippen molar-refractivity contribution in [2.24, 2.45) is 0 Å². The van der Waals surface area contributed by atoms with Crippen LogP contribution in [0.4, 0.5) is 4.79 Å².